The standard InChI is InChI=1S/C11H13ClN2O2/c1-14(11(16)10(13)15)7-6-8-2-4-9(12)5-3-8/h2-5H,6-7H2,1H3,(H2,13,15). The Morgan fingerprint density at radius 3 is 2.38 bits per heavy atom. The monoisotopic (exact) mass is 240 g/mol. The Kier molecular flexibility index (Phi) is 4.31. The van der Waals surface area contributed by atoms with Crippen molar-refractivity contribution in [2.24, 2.45) is 5.73 Å². The number of carbonyl (C=O) groups is 2. The highest BCUT2D eigenvalue weighted by Crippen LogP contribution is 2.10. The molecule has 0 spiro atoms. The average molecular weight is 241 g/mol. The number of hydrogen-bond acceptors (Lipinski definition) is 2. The molecule has 1 aromatic rings. The van der Waals surface area contributed by atoms with Crippen LogP contribution in [-0.4, -0.2) is 30.3 Å². The summed E-state index contributed by atoms with van der Waals surface area (Å²) in [6.45, 7) is 0.448. The van der Waals surface area contributed by atoms with Gasteiger partial charge in [-0.1, -0.05) is 23.7 Å². The van der Waals surface area contributed by atoms with Crippen molar-refractivity contribution < 1.29 is 9.59 Å². The van der Waals surface area contributed by atoms with Gasteiger partial charge in [-0.3, -0.25) is 9.59 Å². The summed E-state index contributed by atoms with van der Waals surface area (Å²) in [6.07, 6.45) is 0.659. The highest BCUT2D eigenvalue weighted by atomic mass is 35.5. The maximum absolute atomic E-state index is 11.1. The van der Waals surface area contributed by atoms with E-state index in [1.54, 1.807) is 19.2 Å². The zero-order chi connectivity index (χ0) is 12.1. The number of carbonyl (C=O) groups excluding carboxylic acids is 2. The number of likely N-dealkylation sites (N-methyl/N-ethyl adjacent to an activating group) is 1. The van der Waals surface area contributed by atoms with E-state index >= 15 is 0 Å². The van der Waals surface area contributed by atoms with E-state index in [1.165, 1.54) is 4.90 Å². The number of halogens is 1. The van der Waals surface area contributed by atoms with Crippen molar-refractivity contribution in [1.29, 1.82) is 0 Å². The lowest BCUT2D eigenvalue weighted by molar-refractivity contribution is -0.143. The molecule has 16 heavy (non-hydrogen) atoms. The van der Waals surface area contributed by atoms with E-state index in [0.29, 0.717) is 18.0 Å². The molecule has 0 aliphatic heterocycles. The molecule has 0 aliphatic carbocycles. The predicted octanol–water partition coefficient (Wildman–Crippen LogP) is 0.826. The topological polar surface area (TPSA) is 63.4 Å². The first-order chi connectivity index (χ1) is 7.50. The van der Waals surface area contributed by atoms with Crippen LogP contribution in [0.1, 0.15) is 5.56 Å². The third-order valence-corrected chi connectivity index (χ3v) is 2.46. The van der Waals surface area contributed by atoms with E-state index in [1.807, 2.05) is 12.1 Å². The maximum atomic E-state index is 11.1. The predicted molar refractivity (Wildman–Crippen MR) is 62.0 cm³/mol. The van der Waals surface area contributed by atoms with Gasteiger partial charge in [0.1, 0.15) is 0 Å². The van der Waals surface area contributed by atoms with Gasteiger partial charge < -0.3 is 10.6 Å². The van der Waals surface area contributed by atoms with E-state index in [9.17, 15) is 9.59 Å². The molecule has 2 N–H and O–H groups in total. The summed E-state index contributed by atoms with van der Waals surface area (Å²) < 4.78 is 0. The number of benzene rings is 1. The van der Waals surface area contributed by atoms with Crippen LogP contribution < -0.4 is 5.73 Å². The molecule has 0 fully saturated rings. The second-order valence-electron chi connectivity index (χ2n) is 3.47. The van der Waals surface area contributed by atoms with Gasteiger partial charge in [0.05, 0.1) is 0 Å². The van der Waals surface area contributed by atoms with Crippen LogP contribution in [0.3, 0.4) is 0 Å². The van der Waals surface area contributed by atoms with Crippen LogP contribution >= 0.6 is 11.6 Å². The molecule has 1 rings (SSSR count). The summed E-state index contributed by atoms with van der Waals surface area (Å²) in [7, 11) is 1.54. The third-order valence-electron chi connectivity index (χ3n) is 2.21. The fourth-order valence-electron chi connectivity index (χ4n) is 1.24. The number of primary amides is 1. The number of nitrogens with two attached hydrogens (primary N) is 1. The minimum Gasteiger partial charge on any atom is -0.361 e. The minimum absolute atomic E-state index is 0.448. The van der Waals surface area contributed by atoms with Crippen molar-refractivity contribution in [2.45, 2.75) is 6.42 Å². The maximum Gasteiger partial charge on any atom is 0.311 e. The van der Waals surface area contributed by atoms with Gasteiger partial charge in [-0.15, -0.1) is 0 Å². The van der Waals surface area contributed by atoms with Gasteiger partial charge in [-0.05, 0) is 24.1 Å². The number of rotatable bonds is 3. The average Bonchev–Trinajstić information content (AvgIpc) is 2.26. The van der Waals surface area contributed by atoms with Gasteiger partial charge in [0.25, 0.3) is 0 Å². The van der Waals surface area contributed by atoms with Gasteiger partial charge in [-0.25, -0.2) is 0 Å². The Balaban J connectivity index is 2.48. The Morgan fingerprint density at radius 2 is 1.88 bits per heavy atom. The molecule has 0 radical (unpaired) electrons. The lowest BCUT2D eigenvalue weighted by atomic mass is 10.1. The SMILES string of the molecule is CN(CCc1ccc(Cl)cc1)C(=O)C(N)=O. The molecule has 4 nitrogen and oxygen atoms in total. The second kappa shape index (κ2) is 5.51. The summed E-state index contributed by atoms with van der Waals surface area (Å²) >= 11 is 5.74. The van der Waals surface area contributed by atoms with E-state index < -0.39 is 11.8 Å². The van der Waals surface area contributed by atoms with Gasteiger partial charge in [0.2, 0.25) is 0 Å². The molecule has 0 aliphatic rings. The Bertz CT molecular complexity index is 389. The van der Waals surface area contributed by atoms with Crippen molar-refractivity contribution in [3.63, 3.8) is 0 Å². The van der Waals surface area contributed by atoms with Crippen molar-refractivity contribution in [3.05, 3.63) is 34.9 Å². The van der Waals surface area contributed by atoms with Crippen LogP contribution in [-0.2, 0) is 16.0 Å². The molecule has 0 saturated carbocycles. The minimum atomic E-state index is -0.932. The van der Waals surface area contributed by atoms with Crippen LogP contribution in [0.5, 0.6) is 0 Å². The fourth-order valence-corrected chi connectivity index (χ4v) is 1.36. The molecule has 86 valence electrons. The van der Waals surface area contributed by atoms with Crippen molar-refractivity contribution in [2.75, 3.05) is 13.6 Å². The molecule has 0 unspecified atom stereocenters. The highest BCUT2D eigenvalue weighted by Gasteiger charge is 2.13. The largest absolute Gasteiger partial charge is 0.361 e. The van der Waals surface area contributed by atoms with Crippen molar-refractivity contribution >= 4 is 23.4 Å². The van der Waals surface area contributed by atoms with Gasteiger partial charge in [0.15, 0.2) is 0 Å². The third kappa shape index (κ3) is 3.55. The zero-order valence-corrected chi connectivity index (χ0v) is 9.70. The normalized spacial score (nSPS) is 9.88. The Labute approximate surface area is 99.0 Å². The summed E-state index contributed by atoms with van der Waals surface area (Å²) in [6, 6.07) is 7.33. The van der Waals surface area contributed by atoms with Crippen LogP contribution in [0.2, 0.25) is 5.02 Å². The summed E-state index contributed by atoms with van der Waals surface area (Å²) in [5.74, 6) is -1.60. The summed E-state index contributed by atoms with van der Waals surface area (Å²) in [5, 5.41) is 0.672. The van der Waals surface area contributed by atoms with Crippen LogP contribution in [0, 0.1) is 0 Å². The lowest BCUT2D eigenvalue weighted by Crippen LogP contribution is -2.38. The van der Waals surface area contributed by atoms with Crippen LogP contribution in [0.15, 0.2) is 24.3 Å². The molecular weight excluding hydrogens is 228 g/mol. The summed E-state index contributed by atoms with van der Waals surface area (Å²) in [5.41, 5.74) is 5.93. The first-order valence-electron chi connectivity index (χ1n) is 4.80. The second-order valence-corrected chi connectivity index (χ2v) is 3.90. The van der Waals surface area contributed by atoms with E-state index in [-0.39, 0.29) is 0 Å². The van der Waals surface area contributed by atoms with Crippen molar-refractivity contribution in [1.82, 2.24) is 4.90 Å². The molecule has 0 atom stereocenters. The zero-order valence-electron chi connectivity index (χ0n) is 8.94. The van der Waals surface area contributed by atoms with E-state index in [4.69, 9.17) is 17.3 Å². The lowest BCUT2D eigenvalue weighted by Gasteiger charge is -2.14. The Morgan fingerprint density at radius 1 is 1.31 bits per heavy atom. The molecule has 0 heterocycles. The van der Waals surface area contributed by atoms with Gasteiger partial charge in [0, 0.05) is 18.6 Å². The molecule has 0 bridgehead atoms. The molecule has 2 amide bonds. The highest BCUT2D eigenvalue weighted by molar-refractivity contribution is 6.34. The number of amides is 2. The first kappa shape index (κ1) is 12.5. The van der Waals surface area contributed by atoms with Crippen molar-refractivity contribution in [3.8, 4) is 0 Å². The fraction of sp³-hybridized carbons (Fsp3) is 0.273. The molecular formula is C11H13ClN2O2. The molecule has 5 heteroatoms. The van der Waals surface area contributed by atoms with E-state index in [2.05, 4.69) is 0 Å². The smallest absolute Gasteiger partial charge is 0.311 e. The first-order valence-corrected chi connectivity index (χ1v) is 5.18. The Hall–Kier alpha value is -1.55. The van der Waals surface area contributed by atoms with Gasteiger partial charge >= 0.3 is 11.8 Å². The van der Waals surface area contributed by atoms with Crippen LogP contribution in [0.25, 0.3) is 0 Å². The quantitative estimate of drug-likeness (QED) is 0.796. The summed E-state index contributed by atoms with van der Waals surface area (Å²) in [4.78, 5) is 23.1. The molecule has 0 saturated heterocycles. The number of nitrogens with zero attached hydrogens (tertiary/aromatic N) is 1. The van der Waals surface area contributed by atoms with Crippen LogP contribution in [0.4, 0.5) is 0 Å². The number of hydrogen-bond donors (Lipinski definition) is 1. The van der Waals surface area contributed by atoms with E-state index in [0.717, 1.165) is 5.56 Å². The molecule has 0 aromatic heterocycles. The van der Waals surface area contributed by atoms with Gasteiger partial charge in [-0.2, -0.15) is 0 Å². The molecule has 1 aromatic carbocycles.